The molecule has 1 saturated carbocycles. The molecular formula is C14H21ClN2O2S. The molecule has 1 fully saturated rings. The lowest BCUT2D eigenvalue weighted by atomic mass is 10.1. The molecule has 0 unspecified atom stereocenters. The van der Waals surface area contributed by atoms with Crippen molar-refractivity contribution < 1.29 is 8.42 Å². The van der Waals surface area contributed by atoms with E-state index in [1.807, 2.05) is 0 Å². The fourth-order valence-corrected chi connectivity index (χ4v) is 4.13. The lowest BCUT2D eigenvalue weighted by molar-refractivity contribution is 0.475. The Morgan fingerprint density at radius 2 is 2.05 bits per heavy atom. The summed E-state index contributed by atoms with van der Waals surface area (Å²) in [6.07, 6.45) is 3.18. The highest BCUT2D eigenvalue weighted by Gasteiger charge is 2.41. The molecule has 4 nitrogen and oxygen atoms in total. The van der Waals surface area contributed by atoms with Gasteiger partial charge in [-0.05, 0) is 54.9 Å². The van der Waals surface area contributed by atoms with Gasteiger partial charge >= 0.3 is 0 Å². The molecule has 3 N–H and O–H groups in total. The third-order valence-corrected chi connectivity index (χ3v) is 6.03. The zero-order valence-electron chi connectivity index (χ0n) is 11.9. The SMILES string of the molecule is CCC1(CNS(=O)(=O)c2cc(Cl)cc(CN)c2C)CC1. The monoisotopic (exact) mass is 316 g/mol. The summed E-state index contributed by atoms with van der Waals surface area (Å²) in [5.74, 6) is 0. The highest BCUT2D eigenvalue weighted by Crippen LogP contribution is 2.48. The first kappa shape index (κ1) is 15.8. The number of rotatable bonds is 6. The van der Waals surface area contributed by atoms with Gasteiger partial charge in [0.1, 0.15) is 0 Å². The number of hydrogen-bond acceptors (Lipinski definition) is 3. The molecule has 0 atom stereocenters. The van der Waals surface area contributed by atoms with Crippen LogP contribution in [-0.4, -0.2) is 15.0 Å². The molecule has 2 rings (SSSR count). The minimum absolute atomic E-state index is 0.163. The average Bonchev–Trinajstić information content (AvgIpc) is 3.19. The summed E-state index contributed by atoms with van der Waals surface area (Å²) in [5, 5.41) is 0.396. The molecule has 0 aromatic heterocycles. The van der Waals surface area contributed by atoms with Crippen LogP contribution in [0.15, 0.2) is 17.0 Å². The molecule has 0 amide bonds. The van der Waals surface area contributed by atoms with Crippen molar-refractivity contribution in [2.45, 2.75) is 44.6 Å². The maximum Gasteiger partial charge on any atom is 0.240 e. The van der Waals surface area contributed by atoms with Crippen LogP contribution < -0.4 is 10.5 Å². The molecule has 1 aromatic carbocycles. The molecule has 0 heterocycles. The first-order chi connectivity index (χ1) is 9.33. The van der Waals surface area contributed by atoms with Crippen molar-refractivity contribution in [2.75, 3.05) is 6.54 Å². The molecule has 1 aliphatic rings. The average molecular weight is 317 g/mol. The number of nitrogens with one attached hydrogen (secondary N) is 1. The van der Waals surface area contributed by atoms with Crippen LogP contribution in [0.1, 0.15) is 37.3 Å². The van der Waals surface area contributed by atoms with Gasteiger partial charge in [0.2, 0.25) is 10.0 Å². The predicted octanol–water partition coefficient (Wildman–Crippen LogP) is 2.58. The van der Waals surface area contributed by atoms with E-state index in [0.29, 0.717) is 17.1 Å². The summed E-state index contributed by atoms with van der Waals surface area (Å²) >= 11 is 5.99. The molecule has 0 spiro atoms. The van der Waals surface area contributed by atoms with Gasteiger partial charge in [-0.2, -0.15) is 0 Å². The van der Waals surface area contributed by atoms with E-state index in [1.165, 1.54) is 6.07 Å². The number of sulfonamides is 1. The van der Waals surface area contributed by atoms with Crippen molar-refractivity contribution in [1.29, 1.82) is 0 Å². The maximum absolute atomic E-state index is 12.5. The van der Waals surface area contributed by atoms with E-state index >= 15 is 0 Å². The van der Waals surface area contributed by atoms with E-state index in [0.717, 1.165) is 24.8 Å². The lowest BCUT2D eigenvalue weighted by Gasteiger charge is -2.16. The molecule has 1 aromatic rings. The second kappa shape index (κ2) is 5.64. The quantitative estimate of drug-likeness (QED) is 0.847. The van der Waals surface area contributed by atoms with Gasteiger partial charge in [0.25, 0.3) is 0 Å². The normalized spacial score (nSPS) is 17.2. The highest BCUT2D eigenvalue weighted by atomic mass is 35.5. The fourth-order valence-electron chi connectivity index (χ4n) is 2.36. The molecule has 0 radical (unpaired) electrons. The largest absolute Gasteiger partial charge is 0.326 e. The van der Waals surface area contributed by atoms with Crippen LogP contribution in [0.3, 0.4) is 0 Å². The van der Waals surface area contributed by atoms with Gasteiger partial charge in [-0.25, -0.2) is 13.1 Å². The van der Waals surface area contributed by atoms with Gasteiger partial charge in [-0.3, -0.25) is 0 Å². The van der Waals surface area contributed by atoms with Gasteiger partial charge in [-0.15, -0.1) is 0 Å². The smallest absolute Gasteiger partial charge is 0.240 e. The van der Waals surface area contributed by atoms with Crippen LogP contribution in [0.4, 0.5) is 0 Å². The summed E-state index contributed by atoms with van der Waals surface area (Å²) in [6, 6.07) is 3.20. The first-order valence-corrected chi connectivity index (χ1v) is 8.68. The molecule has 0 saturated heterocycles. The lowest BCUT2D eigenvalue weighted by Crippen LogP contribution is -2.30. The summed E-state index contributed by atoms with van der Waals surface area (Å²) in [7, 11) is -3.54. The summed E-state index contributed by atoms with van der Waals surface area (Å²) in [6.45, 7) is 4.63. The zero-order valence-corrected chi connectivity index (χ0v) is 13.4. The van der Waals surface area contributed by atoms with Crippen LogP contribution in [-0.2, 0) is 16.6 Å². The Bertz CT molecular complexity index is 610. The van der Waals surface area contributed by atoms with Gasteiger partial charge < -0.3 is 5.73 Å². The summed E-state index contributed by atoms with van der Waals surface area (Å²) in [4.78, 5) is 0.234. The standard InChI is InChI=1S/C14H21ClN2O2S/c1-3-14(4-5-14)9-17-20(18,19)13-7-12(15)6-11(8-16)10(13)2/h6-7,17H,3-5,8-9,16H2,1-2H3. The third-order valence-electron chi connectivity index (χ3n) is 4.29. The third kappa shape index (κ3) is 3.17. The maximum atomic E-state index is 12.5. The minimum atomic E-state index is -3.54. The Labute approximate surface area is 125 Å². The van der Waals surface area contributed by atoms with Crippen molar-refractivity contribution >= 4 is 21.6 Å². The number of nitrogens with two attached hydrogens (primary N) is 1. The molecular weight excluding hydrogens is 296 g/mol. The van der Waals surface area contributed by atoms with Crippen LogP contribution in [0.5, 0.6) is 0 Å². The Morgan fingerprint density at radius 3 is 2.55 bits per heavy atom. The topological polar surface area (TPSA) is 72.2 Å². The Kier molecular flexibility index (Phi) is 4.44. The zero-order chi connectivity index (χ0) is 15.0. The van der Waals surface area contributed by atoms with Gasteiger partial charge in [-0.1, -0.05) is 18.5 Å². The number of halogens is 1. The van der Waals surface area contributed by atoms with Crippen molar-refractivity contribution in [3.8, 4) is 0 Å². The minimum Gasteiger partial charge on any atom is -0.326 e. The van der Waals surface area contributed by atoms with Crippen LogP contribution >= 0.6 is 11.6 Å². The van der Waals surface area contributed by atoms with E-state index in [9.17, 15) is 8.42 Å². The Balaban J connectivity index is 2.27. The van der Waals surface area contributed by atoms with Crippen LogP contribution in [0.25, 0.3) is 0 Å². The predicted molar refractivity (Wildman–Crippen MR) is 81.2 cm³/mol. The van der Waals surface area contributed by atoms with E-state index in [4.69, 9.17) is 17.3 Å². The van der Waals surface area contributed by atoms with E-state index in [2.05, 4.69) is 11.6 Å². The number of hydrogen-bond donors (Lipinski definition) is 2. The Morgan fingerprint density at radius 1 is 1.40 bits per heavy atom. The molecule has 1 aliphatic carbocycles. The van der Waals surface area contributed by atoms with E-state index in [-0.39, 0.29) is 16.9 Å². The van der Waals surface area contributed by atoms with Crippen molar-refractivity contribution in [2.24, 2.45) is 11.1 Å². The summed E-state index contributed by atoms with van der Waals surface area (Å²) in [5.41, 5.74) is 7.23. The molecule has 0 bridgehead atoms. The first-order valence-electron chi connectivity index (χ1n) is 6.82. The van der Waals surface area contributed by atoms with E-state index in [1.54, 1.807) is 13.0 Å². The molecule has 112 valence electrons. The summed E-state index contributed by atoms with van der Waals surface area (Å²) < 4.78 is 27.6. The Hall–Kier alpha value is -0.620. The molecule has 0 aliphatic heterocycles. The van der Waals surface area contributed by atoms with Gasteiger partial charge in [0, 0.05) is 18.1 Å². The fraction of sp³-hybridized carbons (Fsp3) is 0.571. The highest BCUT2D eigenvalue weighted by molar-refractivity contribution is 7.89. The second-order valence-corrected chi connectivity index (χ2v) is 7.74. The second-order valence-electron chi connectivity index (χ2n) is 5.57. The van der Waals surface area contributed by atoms with Gasteiger partial charge in [0.05, 0.1) is 4.90 Å². The van der Waals surface area contributed by atoms with Crippen molar-refractivity contribution in [3.05, 3.63) is 28.3 Å². The molecule has 6 heteroatoms. The molecule has 20 heavy (non-hydrogen) atoms. The van der Waals surface area contributed by atoms with Gasteiger partial charge in [0.15, 0.2) is 0 Å². The van der Waals surface area contributed by atoms with Crippen molar-refractivity contribution in [3.63, 3.8) is 0 Å². The van der Waals surface area contributed by atoms with Crippen LogP contribution in [0, 0.1) is 12.3 Å². The van der Waals surface area contributed by atoms with Crippen LogP contribution in [0.2, 0.25) is 5.02 Å². The van der Waals surface area contributed by atoms with Crippen molar-refractivity contribution in [1.82, 2.24) is 4.72 Å². The number of benzene rings is 1. The van der Waals surface area contributed by atoms with E-state index < -0.39 is 10.0 Å².